The SMILES string of the molecule is CC(O)CC(C)NC(=O)CSCc1ccc(F)cc1. The molecule has 19 heavy (non-hydrogen) atoms. The Hall–Kier alpha value is -1.07. The van der Waals surface area contributed by atoms with Gasteiger partial charge in [0.1, 0.15) is 5.82 Å². The van der Waals surface area contributed by atoms with Gasteiger partial charge in [0.2, 0.25) is 5.91 Å². The number of hydrogen-bond acceptors (Lipinski definition) is 3. The van der Waals surface area contributed by atoms with E-state index < -0.39 is 6.10 Å². The molecular weight excluding hydrogens is 265 g/mol. The van der Waals surface area contributed by atoms with E-state index in [2.05, 4.69) is 5.32 Å². The molecule has 2 N–H and O–H groups in total. The Labute approximate surface area is 117 Å². The van der Waals surface area contributed by atoms with E-state index in [0.29, 0.717) is 17.9 Å². The fraction of sp³-hybridized carbons (Fsp3) is 0.500. The number of benzene rings is 1. The van der Waals surface area contributed by atoms with Crippen LogP contribution in [0.3, 0.4) is 0 Å². The molecule has 0 saturated heterocycles. The lowest BCUT2D eigenvalue weighted by atomic mass is 10.1. The molecule has 106 valence electrons. The van der Waals surface area contributed by atoms with Gasteiger partial charge >= 0.3 is 0 Å². The molecule has 0 radical (unpaired) electrons. The van der Waals surface area contributed by atoms with E-state index in [1.807, 2.05) is 6.92 Å². The molecule has 0 saturated carbocycles. The third-order valence-electron chi connectivity index (χ3n) is 2.52. The Morgan fingerprint density at radius 3 is 2.58 bits per heavy atom. The van der Waals surface area contributed by atoms with Crippen LogP contribution in [0.1, 0.15) is 25.8 Å². The highest BCUT2D eigenvalue weighted by molar-refractivity contribution is 7.99. The summed E-state index contributed by atoms with van der Waals surface area (Å²) >= 11 is 1.48. The molecule has 5 heteroatoms. The Morgan fingerprint density at radius 1 is 1.37 bits per heavy atom. The summed E-state index contributed by atoms with van der Waals surface area (Å²) in [5.74, 6) is 0.749. The van der Waals surface area contributed by atoms with Gasteiger partial charge in [-0.2, -0.15) is 0 Å². The lowest BCUT2D eigenvalue weighted by Gasteiger charge is -2.15. The molecule has 1 amide bonds. The average Bonchev–Trinajstić information content (AvgIpc) is 2.30. The Morgan fingerprint density at radius 2 is 2.00 bits per heavy atom. The van der Waals surface area contributed by atoms with Gasteiger partial charge < -0.3 is 10.4 Å². The van der Waals surface area contributed by atoms with Gasteiger partial charge in [-0.1, -0.05) is 12.1 Å². The second-order valence-corrected chi connectivity index (χ2v) is 5.66. The molecule has 0 aliphatic carbocycles. The summed E-state index contributed by atoms with van der Waals surface area (Å²) in [5, 5.41) is 12.0. The van der Waals surface area contributed by atoms with Crippen molar-refractivity contribution in [3.8, 4) is 0 Å². The molecule has 0 fully saturated rings. The van der Waals surface area contributed by atoms with Crippen LogP contribution in [0.5, 0.6) is 0 Å². The van der Waals surface area contributed by atoms with Crippen molar-refractivity contribution in [3.63, 3.8) is 0 Å². The van der Waals surface area contributed by atoms with Crippen LogP contribution in [0.15, 0.2) is 24.3 Å². The van der Waals surface area contributed by atoms with Crippen molar-refractivity contribution in [2.75, 3.05) is 5.75 Å². The number of carbonyl (C=O) groups is 1. The summed E-state index contributed by atoms with van der Waals surface area (Å²) in [4.78, 5) is 11.6. The Balaban J connectivity index is 2.21. The first-order valence-corrected chi connectivity index (χ1v) is 7.42. The van der Waals surface area contributed by atoms with Gasteiger partial charge in [-0.3, -0.25) is 4.79 Å². The topological polar surface area (TPSA) is 49.3 Å². The zero-order chi connectivity index (χ0) is 14.3. The largest absolute Gasteiger partial charge is 0.393 e. The van der Waals surface area contributed by atoms with Crippen molar-refractivity contribution in [3.05, 3.63) is 35.6 Å². The van der Waals surface area contributed by atoms with Crippen LogP contribution in [0, 0.1) is 5.82 Å². The minimum atomic E-state index is -0.415. The van der Waals surface area contributed by atoms with Gasteiger partial charge in [0.25, 0.3) is 0 Å². The molecule has 0 aliphatic rings. The van der Waals surface area contributed by atoms with Gasteiger partial charge in [0.05, 0.1) is 11.9 Å². The van der Waals surface area contributed by atoms with E-state index >= 15 is 0 Å². The zero-order valence-corrected chi connectivity index (χ0v) is 12.0. The van der Waals surface area contributed by atoms with E-state index in [-0.39, 0.29) is 17.8 Å². The highest BCUT2D eigenvalue weighted by atomic mass is 32.2. The first-order chi connectivity index (χ1) is 8.97. The molecule has 0 bridgehead atoms. The second kappa shape index (κ2) is 8.17. The van der Waals surface area contributed by atoms with Crippen molar-refractivity contribution in [2.24, 2.45) is 0 Å². The minimum Gasteiger partial charge on any atom is -0.393 e. The molecule has 2 atom stereocenters. The van der Waals surface area contributed by atoms with Gasteiger partial charge in [-0.05, 0) is 38.0 Å². The molecular formula is C14H20FNO2S. The molecule has 0 heterocycles. The first-order valence-electron chi connectivity index (χ1n) is 6.27. The number of amides is 1. The molecule has 0 spiro atoms. The number of carbonyl (C=O) groups excluding carboxylic acids is 1. The lowest BCUT2D eigenvalue weighted by molar-refractivity contribution is -0.119. The lowest BCUT2D eigenvalue weighted by Crippen LogP contribution is -2.35. The fourth-order valence-corrected chi connectivity index (χ4v) is 2.53. The summed E-state index contributed by atoms with van der Waals surface area (Å²) < 4.78 is 12.7. The van der Waals surface area contributed by atoms with E-state index in [0.717, 1.165) is 5.56 Å². The van der Waals surface area contributed by atoms with Crippen LogP contribution in [-0.4, -0.2) is 28.9 Å². The molecule has 1 aromatic carbocycles. The summed E-state index contributed by atoms with van der Waals surface area (Å²) in [6.07, 6.45) is 0.135. The van der Waals surface area contributed by atoms with Crippen LogP contribution in [0.25, 0.3) is 0 Å². The van der Waals surface area contributed by atoms with E-state index in [1.165, 1.54) is 23.9 Å². The molecule has 0 aromatic heterocycles. The highest BCUT2D eigenvalue weighted by Crippen LogP contribution is 2.12. The van der Waals surface area contributed by atoms with Crippen molar-refractivity contribution < 1.29 is 14.3 Å². The maximum absolute atomic E-state index is 12.7. The summed E-state index contributed by atoms with van der Waals surface area (Å²) in [6.45, 7) is 3.57. The van der Waals surface area contributed by atoms with Gasteiger partial charge in [-0.15, -0.1) is 11.8 Å². The third kappa shape index (κ3) is 7.18. The quantitative estimate of drug-likeness (QED) is 0.808. The summed E-state index contributed by atoms with van der Waals surface area (Å²) in [5.41, 5.74) is 0.997. The average molecular weight is 285 g/mol. The van der Waals surface area contributed by atoms with Gasteiger partial charge in [0, 0.05) is 11.8 Å². The number of aliphatic hydroxyl groups excluding tert-OH is 1. The van der Waals surface area contributed by atoms with E-state index in [9.17, 15) is 14.3 Å². The zero-order valence-electron chi connectivity index (χ0n) is 11.2. The van der Waals surface area contributed by atoms with Gasteiger partial charge in [-0.25, -0.2) is 4.39 Å². The number of rotatable bonds is 7. The van der Waals surface area contributed by atoms with Crippen molar-refractivity contribution in [2.45, 2.75) is 38.2 Å². The highest BCUT2D eigenvalue weighted by Gasteiger charge is 2.09. The van der Waals surface area contributed by atoms with Crippen molar-refractivity contribution in [1.29, 1.82) is 0 Å². The number of thioether (sulfide) groups is 1. The maximum Gasteiger partial charge on any atom is 0.230 e. The maximum atomic E-state index is 12.7. The van der Waals surface area contributed by atoms with Crippen LogP contribution >= 0.6 is 11.8 Å². The summed E-state index contributed by atoms with van der Waals surface area (Å²) in [6, 6.07) is 6.24. The predicted molar refractivity (Wildman–Crippen MR) is 76.5 cm³/mol. The van der Waals surface area contributed by atoms with Crippen molar-refractivity contribution in [1.82, 2.24) is 5.32 Å². The van der Waals surface area contributed by atoms with Crippen molar-refractivity contribution >= 4 is 17.7 Å². The van der Waals surface area contributed by atoms with Crippen LogP contribution in [0.2, 0.25) is 0 Å². The molecule has 1 aromatic rings. The number of halogens is 1. The summed E-state index contributed by atoms with van der Waals surface area (Å²) in [7, 11) is 0. The standard InChI is InChI=1S/C14H20FNO2S/c1-10(7-11(2)17)16-14(18)9-19-8-12-3-5-13(15)6-4-12/h3-6,10-11,17H,7-9H2,1-2H3,(H,16,18). The molecule has 3 nitrogen and oxygen atoms in total. The smallest absolute Gasteiger partial charge is 0.230 e. The van der Waals surface area contributed by atoms with E-state index in [1.54, 1.807) is 19.1 Å². The van der Waals surface area contributed by atoms with Crippen LogP contribution < -0.4 is 5.32 Å². The minimum absolute atomic E-state index is 0.0288. The number of nitrogens with one attached hydrogen (secondary N) is 1. The van der Waals surface area contributed by atoms with E-state index in [4.69, 9.17) is 0 Å². The first kappa shape index (κ1) is 16.0. The number of aliphatic hydroxyl groups is 1. The van der Waals surface area contributed by atoms with Crippen LogP contribution in [-0.2, 0) is 10.5 Å². The Kier molecular flexibility index (Phi) is 6.87. The molecule has 1 rings (SSSR count). The third-order valence-corrected chi connectivity index (χ3v) is 3.52. The Bertz CT molecular complexity index is 395. The molecule has 0 aliphatic heterocycles. The molecule has 2 unspecified atom stereocenters. The van der Waals surface area contributed by atoms with Gasteiger partial charge in [0.15, 0.2) is 0 Å². The fourth-order valence-electron chi connectivity index (χ4n) is 1.73. The predicted octanol–water partition coefficient (Wildman–Crippen LogP) is 2.33. The normalized spacial score (nSPS) is 13.9. The number of hydrogen-bond donors (Lipinski definition) is 2. The monoisotopic (exact) mass is 285 g/mol. The second-order valence-electron chi connectivity index (χ2n) is 4.67. The van der Waals surface area contributed by atoms with Crippen LogP contribution in [0.4, 0.5) is 4.39 Å².